The average Bonchev–Trinajstić information content (AvgIpc) is 2.82. The second kappa shape index (κ2) is 10.7. The monoisotopic (exact) mass is 479 g/mol. The van der Waals surface area contributed by atoms with Crippen LogP contribution >= 0.6 is 0 Å². The Balaban J connectivity index is 1.55. The first-order valence-electron chi connectivity index (χ1n) is 12.1. The van der Waals surface area contributed by atoms with Crippen molar-refractivity contribution in [3.8, 4) is 5.75 Å². The molecule has 3 heterocycles. The zero-order chi connectivity index (χ0) is 23.4. The molecule has 1 aromatic rings. The molecule has 0 spiro atoms. The summed E-state index contributed by atoms with van der Waals surface area (Å²) in [5, 5.41) is 0. The molecule has 0 radical (unpaired) electrons. The Bertz CT molecular complexity index is 914. The summed E-state index contributed by atoms with van der Waals surface area (Å²) in [6.07, 6.45) is 5.53. The van der Waals surface area contributed by atoms with Crippen LogP contribution in [0.1, 0.15) is 50.0 Å². The van der Waals surface area contributed by atoms with E-state index in [2.05, 4.69) is 10.8 Å². The van der Waals surface area contributed by atoms with Gasteiger partial charge in [0.05, 0.1) is 24.5 Å². The van der Waals surface area contributed by atoms with Crippen LogP contribution in [0.4, 0.5) is 0 Å². The van der Waals surface area contributed by atoms with Gasteiger partial charge in [-0.05, 0) is 70.2 Å². The van der Waals surface area contributed by atoms with E-state index in [1.165, 1.54) is 5.56 Å². The Labute approximate surface area is 197 Å². The molecule has 1 saturated heterocycles. The molecular formula is C24H37N3O5S. The second-order valence-corrected chi connectivity index (χ2v) is 11.7. The van der Waals surface area contributed by atoms with Crippen molar-refractivity contribution in [2.75, 3.05) is 46.2 Å². The van der Waals surface area contributed by atoms with Crippen LogP contribution in [-0.4, -0.2) is 88.5 Å². The number of hydrogen-bond acceptors (Lipinski definition) is 6. The minimum atomic E-state index is -3.47. The van der Waals surface area contributed by atoms with Crippen molar-refractivity contribution in [2.45, 2.75) is 62.6 Å². The standard InChI is InChI=1S/C24H37N3O5S/c1-26(2)14-15-33(29,30)25-21-7-5-13-27-22(21)16-31-19-11-9-18(10-12-19)20-6-3-4-8-23(20)32-17-24(27)28/h3-4,6,8,18-19,21-22,25H,5,7,9-17H2,1-2H3/t18?,19?,21?,22-/m0/s1. The van der Waals surface area contributed by atoms with Crippen LogP contribution in [0.2, 0.25) is 0 Å². The molecule has 8 nitrogen and oxygen atoms in total. The van der Waals surface area contributed by atoms with Crippen LogP contribution < -0.4 is 9.46 Å². The summed E-state index contributed by atoms with van der Waals surface area (Å²) < 4.78 is 40.7. The fraction of sp³-hybridized carbons (Fsp3) is 0.708. The molecule has 2 atom stereocenters. The Morgan fingerprint density at radius 2 is 1.88 bits per heavy atom. The second-order valence-electron chi connectivity index (χ2n) is 9.78. The lowest BCUT2D eigenvalue weighted by atomic mass is 9.82. The third-order valence-electron chi connectivity index (χ3n) is 7.12. The fourth-order valence-corrected chi connectivity index (χ4v) is 6.71. The smallest absolute Gasteiger partial charge is 0.260 e. The van der Waals surface area contributed by atoms with Gasteiger partial charge in [-0.2, -0.15) is 0 Å². The van der Waals surface area contributed by atoms with Gasteiger partial charge in [-0.15, -0.1) is 0 Å². The number of carbonyl (C=O) groups excluding carboxylic acids is 1. The van der Waals surface area contributed by atoms with Crippen LogP contribution in [0, 0.1) is 0 Å². The highest BCUT2D eigenvalue weighted by atomic mass is 32.2. The van der Waals surface area contributed by atoms with Gasteiger partial charge in [0, 0.05) is 19.1 Å². The molecule has 1 aliphatic carbocycles. The van der Waals surface area contributed by atoms with Gasteiger partial charge < -0.3 is 19.3 Å². The largest absolute Gasteiger partial charge is 0.483 e. The zero-order valence-corrected chi connectivity index (χ0v) is 20.6. The summed E-state index contributed by atoms with van der Waals surface area (Å²) in [5.41, 5.74) is 1.17. The fourth-order valence-electron chi connectivity index (χ4n) is 5.25. The van der Waals surface area contributed by atoms with Crippen LogP contribution in [0.3, 0.4) is 0 Å². The number of amides is 1. The molecule has 1 N–H and O–H groups in total. The Morgan fingerprint density at radius 3 is 2.64 bits per heavy atom. The third kappa shape index (κ3) is 6.26. The molecule has 1 unspecified atom stereocenters. The lowest BCUT2D eigenvalue weighted by Gasteiger charge is -2.42. The first-order valence-corrected chi connectivity index (χ1v) is 13.7. The quantitative estimate of drug-likeness (QED) is 0.695. The van der Waals surface area contributed by atoms with E-state index in [1.807, 2.05) is 37.2 Å². The normalized spacial score (nSPS) is 28.8. The van der Waals surface area contributed by atoms with Gasteiger partial charge in [0.2, 0.25) is 10.0 Å². The zero-order valence-electron chi connectivity index (χ0n) is 19.7. The van der Waals surface area contributed by atoms with Gasteiger partial charge in [-0.3, -0.25) is 4.79 Å². The molecule has 1 amide bonds. The lowest BCUT2D eigenvalue weighted by Crippen LogP contribution is -2.60. The minimum absolute atomic E-state index is 0.0297. The van der Waals surface area contributed by atoms with E-state index in [0.29, 0.717) is 32.0 Å². The van der Waals surface area contributed by atoms with Gasteiger partial charge in [-0.25, -0.2) is 13.1 Å². The predicted octanol–water partition coefficient (Wildman–Crippen LogP) is 1.96. The highest BCUT2D eigenvalue weighted by Crippen LogP contribution is 2.38. The van der Waals surface area contributed by atoms with Gasteiger partial charge in [0.15, 0.2) is 6.61 Å². The summed E-state index contributed by atoms with van der Waals surface area (Å²) in [6, 6.07) is 7.33. The van der Waals surface area contributed by atoms with E-state index in [0.717, 1.165) is 37.9 Å². The first kappa shape index (κ1) is 24.4. The maximum Gasteiger partial charge on any atom is 0.260 e. The lowest BCUT2D eigenvalue weighted by molar-refractivity contribution is -0.140. The van der Waals surface area contributed by atoms with Crippen LogP contribution in [0.25, 0.3) is 0 Å². The topological polar surface area (TPSA) is 88.2 Å². The van der Waals surface area contributed by atoms with Gasteiger partial charge in [-0.1, -0.05) is 18.2 Å². The molecule has 2 bridgehead atoms. The number of sulfonamides is 1. The highest BCUT2D eigenvalue weighted by Gasteiger charge is 2.38. The van der Waals surface area contributed by atoms with E-state index in [9.17, 15) is 13.2 Å². The van der Waals surface area contributed by atoms with Crippen molar-refractivity contribution < 1.29 is 22.7 Å². The van der Waals surface area contributed by atoms with Gasteiger partial charge in [0.1, 0.15) is 5.75 Å². The van der Waals surface area contributed by atoms with Crippen LogP contribution in [0.5, 0.6) is 5.75 Å². The van der Waals surface area contributed by atoms with E-state index < -0.39 is 10.0 Å². The van der Waals surface area contributed by atoms with Crippen molar-refractivity contribution in [1.29, 1.82) is 0 Å². The van der Waals surface area contributed by atoms with E-state index in [-0.39, 0.29) is 36.5 Å². The molecule has 4 aliphatic rings. The van der Waals surface area contributed by atoms with Crippen molar-refractivity contribution in [3.63, 3.8) is 0 Å². The van der Waals surface area contributed by atoms with Crippen LogP contribution in [0.15, 0.2) is 24.3 Å². The van der Waals surface area contributed by atoms with Gasteiger partial charge in [0.25, 0.3) is 5.91 Å². The van der Waals surface area contributed by atoms with Crippen molar-refractivity contribution in [1.82, 2.24) is 14.5 Å². The highest BCUT2D eigenvalue weighted by molar-refractivity contribution is 7.89. The Kier molecular flexibility index (Phi) is 7.94. The molecule has 2 fully saturated rings. The SMILES string of the molecule is CN(C)CCS(=O)(=O)NC1CCCN2C(=O)COc3ccccc3C3CCC(CC3)OC[C@@H]12. The van der Waals surface area contributed by atoms with Crippen molar-refractivity contribution in [3.05, 3.63) is 29.8 Å². The molecule has 3 aliphatic heterocycles. The summed E-state index contributed by atoms with van der Waals surface area (Å²) in [7, 11) is 0.239. The maximum atomic E-state index is 13.2. The van der Waals surface area contributed by atoms with Crippen molar-refractivity contribution in [2.24, 2.45) is 0 Å². The summed E-state index contributed by atoms with van der Waals surface area (Å²) >= 11 is 0. The number of piperidine rings is 1. The number of carbonyl (C=O) groups is 1. The number of ether oxygens (including phenoxy) is 2. The number of rotatable bonds is 5. The molecule has 1 saturated carbocycles. The third-order valence-corrected chi connectivity index (χ3v) is 8.51. The van der Waals surface area contributed by atoms with E-state index >= 15 is 0 Å². The summed E-state index contributed by atoms with van der Waals surface area (Å²) in [6.45, 7) is 1.32. The Morgan fingerprint density at radius 1 is 1.12 bits per heavy atom. The molecule has 0 aromatic heterocycles. The predicted molar refractivity (Wildman–Crippen MR) is 127 cm³/mol. The number of benzene rings is 1. The number of fused-ring (bicyclic) bond motifs is 5. The number of nitrogens with one attached hydrogen (secondary N) is 1. The van der Waals surface area contributed by atoms with E-state index in [1.54, 1.807) is 4.90 Å². The molecule has 184 valence electrons. The van der Waals surface area contributed by atoms with Crippen LogP contribution in [-0.2, 0) is 19.6 Å². The molecular weight excluding hydrogens is 442 g/mol. The average molecular weight is 480 g/mol. The summed E-state index contributed by atoms with van der Waals surface area (Å²) in [4.78, 5) is 16.9. The maximum absolute atomic E-state index is 13.2. The number of hydrogen-bond donors (Lipinski definition) is 1. The van der Waals surface area contributed by atoms with Gasteiger partial charge >= 0.3 is 0 Å². The molecule has 5 rings (SSSR count). The minimum Gasteiger partial charge on any atom is -0.483 e. The van der Waals surface area contributed by atoms with E-state index in [4.69, 9.17) is 9.47 Å². The Hall–Kier alpha value is -1.68. The summed E-state index contributed by atoms with van der Waals surface area (Å²) in [5.74, 6) is 1.10. The number of nitrogens with zero attached hydrogens (tertiary/aromatic N) is 2. The number of para-hydroxylation sites is 1. The molecule has 1 aromatic carbocycles. The molecule has 33 heavy (non-hydrogen) atoms. The molecule has 9 heteroatoms. The van der Waals surface area contributed by atoms with Crippen molar-refractivity contribution >= 4 is 15.9 Å². The first-order chi connectivity index (χ1) is 15.8.